The molecule has 0 saturated carbocycles. The van der Waals surface area contributed by atoms with Gasteiger partial charge in [0.05, 0.1) is 25.5 Å². The van der Waals surface area contributed by atoms with E-state index in [1.54, 1.807) is 11.3 Å². The van der Waals surface area contributed by atoms with Crippen molar-refractivity contribution in [3.05, 3.63) is 15.6 Å². The van der Waals surface area contributed by atoms with E-state index in [1.807, 2.05) is 13.8 Å². The smallest absolute Gasteiger partial charge is 0.107 e. The molecule has 16 heavy (non-hydrogen) atoms. The minimum atomic E-state index is 0.0935. The molecule has 0 radical (unpaired) electrons. The molecule has 2 heterocycles. The summed E-state index contributed by atoms with van der Waals surface area (Å²) in [5.41, 5.74) is 6.98. The van der Waals surface area contributed by atoms with E-state index >= 15 is 0 Å². The number of aryl methyl sites for hydroxylation is 1. The van der Waals surface area contributed by atoms with Crippen LogP contribution < -0.4 is 5.73 Å². The minimum Gasteiger partial charge on any atom is -0.379 e. The average molecular weight is 241 g/mol. The molecule has 1 aliphatic rings. The fraction of sp³-hybridized carbons (Fsp3) is 0.727. The largest absolute Gasteiger partial charge is 0.379 e. The van der Waals surface area contributed by atoms with E-state index in [1.165, 1.54) is 9.88 Å². The third-order valence-electron chi connectivity index (χ3n) is 2.75. The Balaban J connectivity index is 2.01. The molecule has 1 saturated heterocycles. The highest BCUT2D eigenvalue weighted by atomic mass is 32.1. The number of nitrogens with two attached hydrogens (primary N) is 1. The molecule has 1 aromatic heterocycles. The minimum absolute atomic E-state index is 0.0935. The zero-order chi connectivity index (χ0) is 11.5. The second-order valence-corrected chi connectivity index (χ2v) is 5.35. The van der Waals surface area contributed by atoms with Crippen molar-refractivity contribution in [3.8, 4) is 0 Å². The van der Waals surface area contributed by atoms with Crippen LogP contribution in [0, 0.1) is 6.92 Å². The second kappa shape index (κ2) is 5.23. The van der Waals surface area contributed by atoms with E-state index in [0.29, 0.717) is 0 Å². The molecule has 1 aliphatic heterocycles. The van der Waals surface area contributed by atoms with Gasteiger partial charge in [-0.1, -0.05) is 0 Å². The lowest BCUT2D eigenvalue weighted by molar-refractivity contribution is 0.0341. The van der Waals surface area contributed by atoms with Crippen LogP contribution in [0.2, 0.25) is 0 Å². The molecule has 0 amide bonds. The number of hydrogen-bond acceptors (Lipinski definition) is 5. The van der Waals surface area contributed by atoms with Gasteiger partial charge in [-0.25, -0.2) is 4.98 Å². The van der Waals surface area contributed by atoms with E-state index in [2.05, 4.69) is 9.88 Å². The molecule has 0 aromatic carbocycles. The number of aromatic nitrogens is 1. The van der Waals surface area contributed by atoms with Gasteiger partial charge >= 0.3 is 0 Å². The number of ether oxygens (including phenoxy) is 1. The Morgan fingerprint density at radius 1 is 1.50 bits per heavy atom. The molecular formula is C11H19N3OS. The molecule has 1 atom stereocenters. The quantitative estimate of drug-likeness (QED) is 0.866. The Hall–Kier alpha value is -0.490. The number of hydrogen-bond donors (Lipinski definition) is 1. The van der Waals surface area contributed by atoms with E-state index in [-0.39, 0.29) is 6.04 Å². The van der Waals surface area contributed by atoms with Crippen molar-refractivity contribution < 1.29 is 4.74 Å². The highest BCUT2D eigenvalue weighted by Gasteiger charge is 2.15. The molecular weight excluding hydrogens is 222 g/mol. The predicted molar refractivity (Wildman–Crippen MR) is 65.5 cm³/mol. The third kappa shape index (κ3) is 2.79. The molecule has 90 valence electrons. The summed E-state index contributed by atoms with van der Waals surface area (Å²) in [5.74, 6) is 0. The molecule has 2 rings (SSSR count). The first-order valence-corrected chi connectivity index (χ1v) is 6.50. The van der Waals surface area contributed by atoms with Crippen LogP contribution in [0.4, 0.5) is 0 Å². The predicted octanol–water partition coefficient (Wildman–Crippen LogP) is 1.30. The summed E-state index contributed by atoms with van der Waals surface area (Å²) in [5, 5.41) is 1.17. The summed E-state index contributed by atoms with van der Waals surface area (Å²) in [7, 11) is 0. The summed E-state index contributed by atoms with van der Waals surface area (Å²) in [4.78, 5) is 8.18. The molecule has 0 bridgehead atoms. The maximum atomic E-state index is 5.90. The maximum Gasteiger partial charge on any atom is 0.107 e. The van der Waals surface area contributed by atoms with Crippen molar-refractivity contribution in [2.24, 2.45) is 5.73 Å². The van der Waals surface area contributed by atoms with Gasteiger partial charge in [0.15, 0.2) is 0 Å². The number of thiazole rings is 1. The first-order valence-electron chi connectivity index (χ1n) is 5.68. The highest BCUT2D eigenvalue weighted by Crippen LogP contribution is 2.24. The van der Waals surface area contributed by atoms with Crippen molar-refractivity contribution in [2.75, 3.05) is 26.3 Å². The fourth-order valence-electron chi connectivity index (χ4n) is 1.91. The Morgan fingerprint density at radius 2 is 2.19 bits per heavy atom. The van der Waals surface area contributed by atoms with Gasteiger partial charge in [0.25, 0.3) is 0 Å². The van der Waals surface area contributed by atoms with Crippen LogP contribution in [0.1, 0.15) is 28.5 Å². The van der Waals surface area contributed by atoms with Crippen LogP contribution in [0.5, 0.6) is 0 Å². The van der Waals surface area contributed by atoms with Gasteiger partial charge in [0.2, 0.25) is 0 Å². The van der Waals surface area contributed by atoms with Crippen LogP contribution in [0.25, 0.3) is 0 Å². The Morgan fingerprint density at radius 3 is 2.75 bits per heavy atom. The van der Waals surface area contributed by atoms with Crippen molar-refractivity contribution in [1.29, 1.82) is 0 Å². The lowest BCUT2D eigenvalue weighted by Crippen LogP contribution is -2.35. The van der Waals surface area contributed by atoms with Crippen LogP contribution in [-0.2, 0) is 11.3 Å². The summed E-state index contributed by atoms with van der Waals surface area (Å²) >= 11 is 1.74. The van der Waals surface area contributed by atoms with Crippen LogP contribution in [0.3, 0.4) is 0 Å². The van der Waals surface area contributed by atoms with Crippen molar-refractivity contribution in [1.82, 2.24) is 9.88 Å². The normalized spacial score (nSPS) is 19.9. The summed E-state index contributed by atoms with van der Waals surface area (Å²) < 4.78 is 5.33. The Labute approximate surface area is 100 Å². The fourth-order valence-corrected chi connectivity index (χ4v) is 2.97. The van der Waals surface area contributed by atoms with Crippen LogP contribution in [-0.4, -0.2) is 36.2 Å². The number of rotatable bonds is 3. The van der Waals surface area contributed by atoms with E-state index in [4.69, 9.17) is 10.5 Å². The monoisotopic (exact) mass is 241 g/mol. The van der Waals surface area contributed by atoms with Crippen molar-refractivity contribution >= 4 is 11.3 Å². The summed E-state index contributed by atoms with van der Waals surface area (Å²) in [6, 6.07) is 0.0935. The Kier molecular flexibility index (Phi) is 3.91. The van der Waals surface area contributed by atoms with E-state index < -0.39 is 0 Å². The molecule has 4 nitrogen and oxygen atoms in total. The van der Waals surface area contributed by atoms with Gasteiger partial charge in [-0.3, -0.25) is 4.90 Å². The second-order valence-electron chi connectivity index (χ2n) is 4.23. The summed E-state index contributed by atoms with van der Waals surface area (Å²) in [6.07, 6.45) is 0. The molecule has 1 aromatic rings. The molecule has 0 aliphatic carbocycles. The average Bonchev–Trinajstić information content (AvgIpc) is 2.61. The molecule has 1 fully saturated rings. The zero-order valence-electron chi connectivity index (χ0n) is 9.90. The number of nitrogens with zero attached hydrogens (tertiary/aromatic N) is 2. The van der Waals surface area contributed by atoms with Gasteiger partial charge < -0.3 is 10.5 Å². The first-order chi connectivity index (χ1) is 7.66. The molecule has 2 N–H and O–H groups in total. The van der Waals surface area contributed by atoms with E-state index in [9.17, 15) is 0 Å². The van der Waals surface area contributed by atoms with Gasteiger partial charge in [-0.05, 0) is 13.8 Å². The van der Waals surface area contributed by atoms with Crippen molar-refractivity contribution in [3.63, 3.8) is 0 Å². The van der Waals surface area contributed by atoms with Crippen LogP contribution in [0.15, 0.2) is 0 Å². The van der Waals surface area contributed by atoms with Gasteiger partial charge in [0, 0.05) is 24.0 Å². The molecule has 1 unspecified atom stereocenters. The first kappa shape index (κ1) is 12.0. The van der Waals surface area contributed by atoms with E-state index in [0.717, 1.165) is 38.5 Å². The third-order valence-corrected chi connectivity index (χ3v) is 4.10. The van der Waals surface area contributed by atoms with Gasteiger partial charge in [-0.2, -0.15) is 0 Å². The molecule has 5 heteroatoms. The van der Waals surface area contributed by atoms with Crippen molar-refractivity contribution in [2.45, 2.75) is 26.4 Å². The number of morpholine rings is 1. The lowest BCUT2D eigenvalue weighted by atomic mass is 10.2. The van der Waals surface area contributed by atoms with Gasteiger partial charge in [0.1, 0.15) is 5.01 Å². The highest BCUT2D eigenvalue weighted by molar-refractivity contribution is 7.11. The summed E-state index contributed by atoms with van der Waals surface area (Å²) in [6.45, 7) is 8.67. The maximum absolute atomic E-state index is 5.90. The molecule has 0 spiro atoms. The SMILES string of the molecule is Cc1nc(CN2CCOCC2)sc1C(C)N. The Bertz CT molecular complexity index is 345. The lowest BCUT2D eigenvalue weighted by Gasteiger charge is -2.25. The van der Waals surface area contributed by atoms with Gasteiger partial charge in [-0.15, -0.1) is 11.3 Å². The standard InChI is InChI=1S/C11H19N3OS/c1-8(12)11-9(2)13-10(16-11)7-14-3-5-15-6-4-14/h8H,3-7,12H2,1-2H3. The zero-order valence-corrected chi connectivity index (χ0v) is 10.7. The topological polar surface area (TPSA) is 51.4 Å². The van der Waals surface area contributed by atoms with Crippen LogP contribution >= 0.6 is 11.3 Å².